The van der Waals surface area contributed by atoms with Gasteiger partial charge in [0.1, 0.15) is 5.71 Å². The van der Waals surface area contributed by atoms with Crippen LogP contribution in [-0.4, -0.2) is 22.0 Å². The third-order valence-electron chi connectivity index (χ3n) is 5.85. The predicted molar refractivity (Wildman–Crippen MR) is 112 cm³/mol. The predicted octanol–water partition coefficient (Wildman–Crippen LogP) is 5.63. The Bertz CT molecular complexity index is 950. The van der Waals surface area contributed by atoms with Crippen molar-refractivity contribution in [2.24, 2.45) is 5.16 Å². The molecule has 0 bridgehead atoms. The Morgan fingerprint density at radius 2 is 1.50 bits per heavy atom. The van der Waals surface area contributed by atoms with E-state index in [0.717, 1.165) is 24.0 Å². The summed E-state index contributed by atoms with van der Waals surface area (Å²) in [4.78, 5) is 11.0. The standard InChI is InChI=1S/C24H27NO3/c1-23(2)13-14-24(3,4)20-15-18(10-11-19(20)23)21(25-28)12-7-16-5-8-17(9-6-16)22(26)27/h5-12,15,28H,13-14H2,1-4H3,(H,26,27). The van der Waals surface area contributed by atoms with E-state index in [-0.39, 0.29) is 16.4 Å². The molecule has 2 aromatic carbocycles. The second-order valence-corrected chi connectivity index (χ2v) is 8.77. The minimum Gasteiger partial charge on any atom is -0.478 e. The maximum Gasteiger partial charge on any atom is 0.335 e. The van der Waals surface area contributed by atoms with Gasteiger partial charge in [-0.15, -0.1) is 0 Å². The Hall–Kier alpha value is -2.88. The molecular formula is C24H27NO3. The van der Waals surface area contributed by atoms with Crippen LogP contribution < -0.4 is 0 Å². The molecule has 0 saturated heterocycles. The first kappa shape index (κ1) is 19.9. The third-order valence-corrected chi connectivity index (χ3v) is 5.85. The topological polar surface area (TPSA) is 69.9 Å². The number of aromatic carboxylic acids is 1. The van der Waals surface area contributed by atoms with Crippen LogP contribution in [0.3, 0.4) is 0 Å². The summed E-state index contributed by atoms with van der Waals surface area (Å²) in [5.74, 6) is -0.951. The van der Waals surface area contributed by atoms with Crippen molar-refractivity contribution in [1.29, 1.82) is 0 Å². The van der Waals surface area contributed by atoms with Gasteiger partial charge >= 0.3 is 5.97 Å². The monoisotopic (exact) mass is 377 g/mol. The van der Waals surface area contributed by atoms with Crippen molar-refractivity contribution in [3.8, 4) is 0 Å². The van der Waals surface area contributed by atoms with Gasteiger partial charge in [0.2, 0.25) is 0 Å². The molecule has 4 heteroatoms. The average molecular weight is 377 g/mol. The highest BCUT2D eigenvalue weighted by Gasteiger charge is 2.37. The molecule has 0 unspecified atom stereocenters. The molecule has 3 rings (SSSR count). The van der Waals surface area contributed by atoms with E-state index in [0.29, 0.717) is 5.71 Å². The number of nitrogens with zero attached hydrogens (tertiary/aromatic N) is 1. The molecule has 1 aliphatic rings. The molecule has 2 aromatic rings. The maximum absolute atomic E-state index is 11.0. The number of rotatable bonds is 4. The van der Waals surface area contributed by atoms with Gasteiger partial charge in [-0.3, -0.25) is 0 Å². The van der Waals surface area contributed by atoms with Crippen LogP contribution >= 0.6 is 0 Å². The summed E-state index contributed by atoms with van der Waals surface area (Å²) >= 11 is 0. The fraction of sp³-hybridized carbons (Fsp3) is 0.333. The quantitative estimate of drug-likeness (QED) is 0.412. The molecule has 146 valence electrons. The molecule has 28 heavy (non-hydrogen) atoms. The number of carboxylic acid groups (broad SMARTS) is 1. The third kappa shape index (κ3) is 3.86. The number of carboxylic acids is 1. The van der Waals surface area contributed by atoms with Gasteiger partial charge in [0.15, 0.2) is 0 Å². The Kier molecular flexibility index (Phi) is 5.16. The summed E-state index contributed by atoms with van der Waals surface area (Å²) in [6.07, 6.45) is 5.83. The van der Waals surface area contributed by atoms with Gasteiger partial charge in [0, 0.05) is 5.56 Å². The Morgan fingerprint density at radius 1 is 0.929 bits per heavy atom. The van der Waals surface area contributed by atoms with Gasteiger partial charge < -0.3 is 10.3 Å². The summed E-state index contributed by atoms with van der Waals surface area (Å²) < 4.78 is 0. The van der Waals surface area contributed by atoms with E-state index in [2.05, 4.69) is 45.0 Å². The number of hydrogen-bond donors (Lipinski definition) is 2. The van der Waals surface area contributed by atoms with E-state index >= 15 is 0 Å². The number of fused-ring (bicyclic) bond motifs is 1. The Morgan fingerprint density at radius 3 is 2.07 bits per heavy atom. The first-order chi connectivity index (χ1) is 13.1. The highest BCUT2D eigenvalue weighted by atomic mass is 16.4. The number of oxime groups is 1. The van der Waals surface area contributed by atoms with Crippen molar-refractivity contribution in [2.75, 3.05) is 0 Å². The maximum atomic E-state index is 11.0. The highest BCUT2D eigenvalue weighted by molar-refractivity contribution is 6.10. The second kappa shape index (κ2) is 7.27. The van der Waals surface area contributed by atoms with Crippen molar-refractivity contribution < 1.29 is 15.1 Å². The lowest BCUT2D eigenvalue weighted by Crippen LogP contribution is -2.34. The largest absolute Gasteiger partial charge is 0.478 e. The molecule has 0 fully saturated rings. The average Bonchev–Trinajstić information content (AvgIpc) is 2.66. The summed E-state index contributed by atoms with van der Waals surface area (Å²) in [5, 5.41) is 22.0. The molecule has 0 saturated carbocycles. The minimum absolute atomic E-state index is 0.0812. The summed E-state index contributed by atoms with van der Waals surface area (Å²) in [6, 6.07) is 12.9. The Balaban J connectivity index is 1.92. The lowest BCUT2D eigenvalue weighted by Gasteiger charge is -2.42. The second-order valence-electron chi connectivity index (χ2n) is 8.77. The molecule has 0 spiro atoms. The fourth-order valence-electron chi connectivity index (χ4n) is 3.85. The van der Waals surface area contributed by atoms with Crippen LogP contribution in [0.2, 0.25) is 0 Å². The van der Waals surface area contributed by atoms with Gasteiger partial charge in [-0.1, -0.05) is 63.2 Å². The normalized spacial score (nSPS) is 18.1. The first-order valence-electron chi connectivity index (χ1n) is 9.53. The molecule has 0 atom stereocenters. The van der Waals surface area contributed by atoms with Crippen LogP contribution in [0.15, 0.2) is 53.7 Å². The number of allylic oxidation sites excluding steroid dienone is 1. The van der Waals surface area contributed by atoms with Crippen molar-refractivity contribution >= 4 is 17.8 Å². The van der Waals surface area contributed by atoms with E-state index in [1.54, 1.807) is 30.3 Å². The molecule has 1 aliphatic carbocycles. The van der Waals surface area contributed by atoms with Gasteiger partial charge in [0.25, 0.3) is 0 Å². The zero-order valence-electron chi connectivity index (χ0n) is 16.9. The van der Waals surface area contributed by atoms with Crippen LogP contribution in [0.25, 0.3) is 6.08 Å². The van der Waals surface area contributed by atoms with Gasteiger partial charge in [-0.05, 0) is 64.6 Å². The van der Waals surface area contributed by atoms with Crippen LogP contribution in [0.1, 0.15) is 73.1 Å². The fourth-order valence-corrected chi connectivity index (χ4v) is 3.85. The zero-order chi connectivity index (χ0) is 20.5. The summed E-state index contributed by atoms with van der Waals surface area (Å²) in [5.41, 5.74) is 5.31. The Labute approximate surface area is 166 Å². The van der Waals surface area contributed by atoms with E-state index in [1.165, 1.54) is 11.1 Å². The van der Waals surface area contributed by atoms with Crippen LogP contribution in [-0.2, 0) is 10.8 Å². The molecule has 0 aliphatic heterocycles. The van der Waals surface area contributed by atoms with Gasteiger partial charge in [-0.2, -0.15) is 0 Å². The minimum atomic E-state index is -0.951. The molecule has 0 aromatic heterocycles. The molecule has 4 nitrogen and oxygen atoms in total. The molecule has 0 amide bonds. The van der Waals surface area contributed by atoms with Crippen molar-refractivity contribution in [3.63, 3.8) is 0 Å². The van der Waals surface area contributed by atoms with Crippen molar-refractivity contribution in [1.82, 2.24) is 0 Å². The molecule has 0 radical (unpaired) electrons. The van der Waals surface area contributed by atoms with Crippen LogP contribution in [0, 0.1) is 0 Å². The molecule has 2 N–H and O–H groups in total. The van der Waals surface area contributed by atoms with E-state index in [9.17, 15) is 10.0 Å². The molecule has 0 heterocycles. The van der Waals surface area contributed by atoms with E-state index in [4.69, 9.17) is 5.11 Å². The number of benzene rings is 2. The summed E-state index contributed by atoms with van der Waals surface area (Å²) in [7, 11) is 0. The van der Waals surface area contributed by atoms with Crippen molar-refractivity contribution in [2.45, 2.75) is 51.4 Å². The zero-order valence-corrected chi connectivity index (χ0v) is 16.9. The number of carbonyl (C=O) groups is 1. The van der Waals surface area contributed by atoms with E-state index < -0.39 is 5.97 Å². The molecular weight excluding hydrogens is 350 g/mol. The van der Waals surface area contributed by atoms with Gasteiger partial charge in [0.05, 0.1) is 5.56 Å². The summed E-state index contributed by atoms with van der Waals surface area (Å²) in [6.45, 7) is 9.09. The SMILES string of the molecule is CC1(C)CCC(C)(C)c2cc(C(C=Cc3ccc(C(=O)O)cc3)=NO)ccc21. The van der Waals surface area contributed by atoms with E-state index in [1.807, 2.05) is 12.1 Å². The lowest BCUT2D eigenvalue weighted by molar-refractivity contribution is 0.0697. The van der Waals surface area contributed by atoms with Gasteiger partial charge in [-0.25, -0.2) is 4.79 Å². The first-order valence-corrected chi connectivity index (χ1v) is 9.53. The highest BCUT2D eigenvalue weighted by Crippen LogP contribution is 2.45. The van der Waals surface area contributed by atoms with Crippen LogP contribution in [0.4, 0.5) is 0 Å². The smallest absolute Gasteiger partial charge is 0.335 e. The van der Waals surface area contributed by atoms with Crippen molar-refractivity contribution in [3.05, 3.63) is 76.4 Å². The number of hydrogen-bond acceptors (Lipinski definition) is 3. The lowest BCUT2D eigenvalue weighted by atomic mass is 9.63. The van der Waals surface area contributed by atoms with Crippen LogP contribution in [0.5, 0.6) is 0 Å².